The van der Waals surface area contributed by atoms with Crippen LogP contribution in [-0.2, 0) is 19.5 Å². The Balaban J connectivity index is 1.64. The Labute approximate surface area is 162 Å². The van der Waals surface area contributed by atoms with Gasteiger partial charge in [0, 0.05) is 37.6 Å². The van der Waals surface area contributed by atoms with Crippen LogP contribution in [0.5, 0.6) is 11.5 Å². The summed E-state index contributed by atoms with van der Waals surface area (Å²) in [6.45, 7) is 1.96. The van der Waals surface area contributed by atoms with Crippen LogP contribution in [0.15, 0.2) is 41.6 Å². The molecule has 0 amide bonds. The maximum atomic E-state index is 12.5. The molecule has 0 bridgehead atoms. The quantitative estimate of drug-likeness (QED) is 0.722. The SMILES string of the molecule is COc1cccc(OC)c1CN1CCc2c(nc(-c3cnccn3)[nH]c2=O)C1. The Kier molecular flexibility index (Phi) is 5.03. The summed E-state index contributed by atoms with van der Waals surface area (Å²) in [7, 11) is 3.30. The van der Waals surface area contributed by atoms with Gasteiger partial charge in [-0.05, 0) is 18.6 Å². The lowest BCUT2D eigenvalue weighted by Gasteiger charge is -2.28. The zero-order valence-electron chi connectivity index (χ0n) is 15.8. The molecule has 0 aliphatic carbocycles. The van der Waals surface area contributed by atoms with Crippen molar-refractivity contribution in [2.45, 2.75) is 19.5 Å². The Bertz CT molecular complexity index is 1010. The fourth-order valence-corrected chi connectivity index (χ4v) is 3.48. The van der Waals surface area contributed by atoms with E-state index in [1.165, 1.54) is 0 Å². The number of aromatic amines is 1. The van der Waals surface area contributed by atoms with E-state index >= 15 is 0 Å². The van der Waals surface area contributed by atoms with Crippen molar-refractivity contribution in [3.05, 3.63) is 64.0 Å². The fourth-order valence-electron chi connectivity index (χ4n) is 3.48. The van der Waals surface area contributed by atoms with Gasteiger partial charge in [0.15, 0.2) is 5.82 Å². The molecule has 4 rings (SSSR count). The first-order valence-corrected chi connectivity index (χ1v) is 9.00. The second-order valence-electron chi connectivity index (χ2n) is 6.53. The minimum absolute atomic E-state index is 0.111. The number of fused-ring (bicyclic) bond motifs is 1. The van der Waals surface area contributed by atoms with E-state index in [0.29, 0.717) is 31.0 Å². The lowest BCUT2D eigenvalue weighted by atomic mass is 10.0. The second-order valence-corrected chi connectivity index (χ2v) is 6.53. The van der Waals surface area contributed by atoms with Crippen LogP contribution in [0.3, 0.4) is 0 Å². The van der Waals surface area contributed by atoms with Crippen LogP contribution in [0.1, 0.15) is 16.8 Å². The number of nitrogens with zero attached hydrogens (tertiary/aromatic N) is 4. The normalized spacial score (nSPS) is 13.8. The van der Waals surface area contributed by atoms with Crippen molar-refractivity contribution in [3.8, 4) is 23.0 Å². The molecule has 0 radical (unpaired) electrons. The van der Waals surface area contributed by atoms with E-state index in [1.54, 1.807) is 32.8 Å². The van der Waals surface area contributed by atoms with Gasteiger partial charge in [-0.25, -0.2) is 9.97 Å². The zero-order chi connectivity index (χ0) is 19.5. The molecule has 8 heteroatoms. The number of hydrogen-bond donors (Lipinski definition) is 1. The van der Waals surface area contributed by atoms with Crippen molar-refractivity contribution >= 4 is 0 Å². The molecule has 0 unspecified atom stereocenters. The minimum Gasteiger partial charge on any atom is -0.496 e. The predicted octanol–water partition coefficient (Wildman–Crippen LogP) is 1.80. The van der Waals surface area contributed by atoms with E-state index in [4.69, 9.17) is 9.47 Å². The van der Waals surface area contributed by atoms with Gasteiger partial charge in [-0.2, -0.15) is 0 Å². The van der Waals surface area contributed by atoms with Gasteiger partial charge in [0.05, 0.1) is 31.7 Å². The topological polar surface area (TPSA) is 93.2 Å². The third kappa shape index (κ3) is 3.46. The van der Waals surface area contributed by atoms with Gasteiger partial charge >= 0.3 is 0 Å². The van der Waals surface area contributed by atoms with Gasteiger partial charge in [0.25, 0.3) is 5.56 Å². The standard InChI is InChI=1S/C20H21N5O3/c1-27-17-4-3-5-18(28-2)14(17)11-25-9-6-13-16(12-25)23-19(24-20(13)26)15-10-21-7-8-22-15/h3-5,7-8,10H,6,9,11-12H2,1-2H3,(H,23,24,26). The van der Waals surface area contributed by atoms with E-state index in [1.807, 2.05) is 18.2 Å². The first-order valence-electron chi connectivity index (χ1n) is 9.00. The smallest absolute Gasteiger partial charge is 0.254 e. The Morgan fingerprint density at radius 3 is 2.64 bits per heavy atom. The highest BCUT2D eigenvalue weighted by Crippen LogP contribution is 2.30. The summed E-state index contributed by atoms with van der Waals surface area (Å²) in [5.74, 6) is 2.00. The molecule has 1 aromatic carbocycles. The van der Waals surface area contributed by atoms with Crippen molar-refractivity contribution in [2.24, 2.45) is 0 Å². The number of nitrogens with one attached hydrogen (secondary N) is 1. The molecule has 0 fully saturated rings. The Hall–Kier alpha value is -3.26. The number of aromatic nitrogens is 4. The first-order chi connectivity index (χ1) is 13.7. The maximum Gasteiger partial charge on any atom is 0.254 e. The molecule has 0 atom stereocenters. The molecule has 28 heavy (non-hydrogen) atoms. The highest BCUT2D eigenvalue weighted by atomic mass is 16.5. The van der Waals surface area contributed by atoms with Gasteiger partial charge in [0.1, 0.15) is 17.2 Å². The molecule has 3 heterocycles. The highest BCUT2D eigenvalue weighted by Gasteiger charge is 2.23. The molecule has 0 saturated heterocycles. The molecule has 2 aromatic heterocycles. The van der Waals surface area contributed by atoms with Gasteiger partial charge in [-0.3, -0.25) is 14.7 Å². The van der Waals surface area contributed by atoms with Crippen LogP contribution in [-0.4, -0.2) is 45.6 Å². The number of H-pyrrole nitrogens is 1. The van der Waals surface area contributed by atoms with E-state index in [9.17, 15) is 4.79 Å². The molecular formula is C20H21N5O3. The summed E-state index contributed by atoms with van der Waals surface area (Å²) >= 11 is 0. The third-order valence-corrected chi connectivity index (χ3v) is 4.87. The Morgan fingerprint density at radius 1 is 1.18 bits per heavy atom. The highest BCUT2D eigenvalue weighted by molar-refractivity contribution is 5.48. The van der Waals surface area contributed by atoms with Gasteiger partial charge in [0.2, 0.25) is 0 Å². The van der Waals surface area contributed by atoms with Gasteiger partial charge in [-0.15, -0.1) is 0 Å². The monoisotopic (exact) mass is 379 g/mol. The molecular weight excluding hydrogens is 358 g/mol. The van der Waals surface area contributed by atoms with Crippen LogP contribution in [0.25, 0.3) is 11.5 Å². The molecule has 0 spiro atoms. The van der Waals surface area contributed by atoms with Crippen molar-refractivity contribution < 1.29 is 9.47 Å². The van der Waals surface area contributed by atoms with E-state index in [2.05, 4.69) is 24.8 Å². The van der Waals surface area contributed by atoms with E-state index in [-0.39, 0.29) is 5.56 Å². The molecule has 1 aliphatic heterocycles. The third-order valence-electron chi connectivity index (χ3n) is 4.87. The lowest BCUT2D eigenvalue weighted by Crippen LogP contribution is -2.35. The van der Waals surface area contributed by atoms with Gasteiger partial charge < -0.3 is 14.5 Å². The van der Waals surface area contributed by atoms with Crippen molar-refractivity contribution in [1.82, 2.24) is 24.8 Å². The summed E-state index contributed by atoms with van der Waals surface area (Å²) in [5.41, 5.74) is 2.92. The number of ether oxygens (including phenoxy) is 2. The summed E-state index contributed by atoms with van der Waals surface area (Å²) in [6, 6.07) is 5.75. The zero-order valence-corrected chi connectivity index (χ0v) is 15.8. The van der Waals surface area contributed by atoms with Crippen LogP contribution in [0.2, 0.25) is 0 Å². The second kappa shape index (κ2) is 7.77. The Morgan fingerprint density at radius 2 is 1.96 bits per heavy atom. The summed E-state index contributed by atoms with van der Waals surface area (Å²) in [4.78, 5) is 30.5. The lowest BCUT2D eigenvalue weighted by molar-refractivity contribution is 0.233. The van der Waals surface area contributed by atoms with Gasteiger partial charge in [-0.1, -0.05) is 6.07 Å². The molecule has 144 valence electrons. The molecule has 0 saturated carbocycles. The van der Waals surface area contributed by atoms with Crippen molar-refractivity contribution in [2.75, 3.05) is 20.8 Å². The van der Waals surface area contributed by atoms with Crippen LogP contribution in [0, 0.1) is 0 Å². The largest absolute Gasteiger partial charge is 0.496 e. The summed E-state index contributed by atoms with van der Waals surface area (Å²) < 4.78 is 11.0. The molecule has 3 aromatic rings. The summed E-state index contributed by atoms with van der Waals surface area (Å²) in [5, 5.41) is 0. The van der Waals surface area contributed by atoms with Crippen molar-refractivity contribution in [1.29, 1.82) is 0 Å². The van der Waals surface area contributed by atoms with Crippen LogP contribution in [0.4, 0.5) is 0 Å². The number of methoxy groups -OCH3 is 2. The van der Waals surface area contributed by atoms with E-state index in [0.717, 1.165) is 34.9 Å². The fraction of sp³-hybridized carbons (Fsp3) is 0.300. The minimum atomic E-state index is -0.111. The number of rotatable bonds is 5. The summed E-state index contributed by atoms with van der Waals surface area (Å²) in [6.07, 6.45) is 5.39. The molecule has 8 nitrogen and oxygen atoms in total. The van der Waals surface area contributed by atoms with Crippen LogP contribution < -0.4 is 15.0 Å². The number of benzene rings is 1. The average molecular weight is 379 g/mol. The maximum absolute atomic E-state index is 12.5. The van der Waals surface area contributed by atoms with Crippen LogP contribution >= 0.6 is 0 Å². The average Bonchev–Trinajstić information content (AvgIpc) is 2.74. The molecule has 1 N–H and O–H groups in total. The van der Waals surface area contributed by atoms with Crippen molar-refractivity contribution in [3.63, 3.8) is 0 Å². The van der Waals surface area contributed by atoms with E-state index < -0.39 is 0 Å². The molecule has 1 aliphatic rings. The number of hydrogen-bond acceptors (Lipinski definition) is 7. The predicted molar refractivity (Wildman–Crippen MR) is 103 cm³/mol. The first kappa shape index (κ1) is 18.1.